The molecule has 3 rings (SSSR count). The first-order chi connectivity index (χ1) is 12.2. The van der Waals surface area contributed by atoms with Crippen LogP contribution in [0, 0.1) is 5.41 Å². The van der Waals surface area contributed by atoms with Crippen LogP contribution in [0.15, 0.2) is 17.0 Å². The zero-order valence-electron chi connectivity index (χ0n) is 15.8. The first-order valence-electron chi connectivity index (χ1n) is 9.02. The summed E-state index contributed by atoms with van der Waals surface area (Å²) in [5.74, 6) is 0.881. The summed E-state index contributed by atoms with van der Waals surface area (Å²) in [6, 6.07) is -0.0458. The quantitative estimate of drug-likeness (QED) is 0.782. The molecule has 26 heavy (non-hydrogen) atoms. The lowest BCUT2D eigenvalue weighted by Crippen LogP contribution is -2.55. The van der Waals surface area contributed by atoms with Gasteiger partial charge in [-0.05, 0) is 56.5 Å². The van der Waals surface area contributed by atoms with Crippen LogP contribution in [0.1, 0.15) is 40.5 Å². The number of halogens is 1. The van der Waals surface area contributed by atoms with E-state index in [-0.39, 0.29) is 23.7 Å². The lowest BCUT2D eigenvalue weighted by Gasteiger charge is -2.42. The molecule has 0 aromatic carbocycles. The van der Waals surface area contributed by atoms with E-state index >= 15 is 0 Å². The molecule has 2 fully saturated rings. The Labute approximate surface area is 163 Å². The van der Waals surface area contributed by atoms with Gasteiger partial charge in [-0.15, -0.1) is 0 Å². The number of nitrogens with zero attached hydrogens (tertiary/aromatic N) is 3. The second-order valence-corrected chi connectivity index (χ2v) is 9.00. The molecule has 7 nitrogen and oxygen atoms in total. The maximum Gasteiger partial charge on any atom is 0.407 e. The Hall–Kier alpha value is -1.41. The number of carbonyl (C=O) groups is 1. The normalized spacial score (nSPS) is 25.3. The lowest BCUT2D eigenvalue weighted by atomic mass is 9.73. The Morgan fingerprint density at radius 2 is 2.04 bits per heavy atom. The Morgan fingerprint density at radius 1 is 1.35 bits per heavy atom. The second-order valence-electron chi connectivity index (χ2n) is 8.19. The highest BCUT2D eigenvalue weighted by Crippen LogP contribution is 2.42. The summed E-state index contributed by atoms with van der Waals surface area (Å²) in [7, 11) is 0. The van der Waals surface area contributed by atoms with Gasteiger partial charge in [-0.25, -0.2) is 14.8 Å². The lowest BCUT2D eigenvalue weighted by molar-refractivity contribution is 0.0434. The number of anilines is 1. The van der Waals surface area contributed by atoms with E-state index in [9.17, 15) is 4.79 Å². The highest BCUT2D eigenvalue weighted by atomic mass is 79.9. The van der Waals surface area contributed by atoms with Crippen LogP contribution >= 0.6 is 15.9 Å². The molecular weight excluding hydrogens is 400 g/mol. The number of piperidine rings is 1. The average molecular weight is 427 g/mol. The summed E-state index contributed by atoms with van der Waals surface area (Å²) in [5.41, 5.74) is -0.570. The van der Waals surface area contributed by atoms with Gasteiger partial charge in [-0.2, -0.15) is 0 Å². The van der Waals surface area contributed by atoms with Crippen LogP contribution in [0.5, 0.6) is 0 Å². The second kappa shape index (κ2) is 7.31. The molecule has 0 bridgehead atoms. The van der Waals surface area contributed by atoms with Crippen LogP contribution in [0.2, 0.25) is 0 Å². The van der Waals surface area contributed by atoms with Crippen molar-refractivity contribution in [2.75, 3.05) is 24.6 Å². The molecule has 0 saturated carbocycles. The van der Waals surface area contributed by atoms with Crippen molar-refractivity contribution in [1.29, 1.82) is 0 Å². The van der Waals surface area contributed by atoms with Gasteiger partial charge in [0, 0.05) is 18.5 Å². The highest BCUT2D eigenvalue weighted by molar-refractivity contribution is 9.10. The van der Waals surface area contributed by atoms with E-state index in [1.165, 1.54) is 0 Å². The number of ether oxygens (including phenoxy) is 2. The average Bonchev–Trinajstić information content (AvgIpc) is 2.84. The van der Waals surface area contributed by atoms with Gasteiger partial charge in [0.1, 0.15) is 16.0 Å². The van der Waals surface area contributed by atoms with Crippen molar-refractivity contribution in [3.63, 3.8) is 0 Å². The van der Waals surface area contributed by atoms with E-state index in [1.807, 2.05) is 27.7 Å². The monoisotopic (exact) mass is 426 g/mol. The molecule has 2 atom stereocenters. The van der Waals surface area contributed by atoms with Gasteiger partial charge < -0.3 is 19.7 Å². The summed E-state index contributed by atoms with van der Waals surface area (Å²) in [6.45, 7) is 10.0. The number of hydrogen-bond acceptors (Lipinski definition) is 6. The van der Waals surface area contributed by atoms with Gasteiger partial charge in [0.15, 0.2) is 0 Å². The fourth-order valence-electron chi connectivity index (χ4n) is 3.79. The van der Waals surface area contributed by atoms with Crippen molar-refractivity contribution < 1.29 is 14.3 Å². The summed E-state index contributed by atoms with van der Waals surface area (Å²) in [4.78, 5) is 23.2. The molecule has 2 saturated heterocycles. The van der Waals surface area contributed by atoms with E-state index in [1.54, 1.807) is 12.4 Å². The van der Waals surface area contributed by atoms with E-state index in [0.717, 1.165) is 36.4 Å². The zero-order chi connectivity index (χ0) is 18.9. The molecule has 1 amide bonds. The molecule has 0 unspecified atom stereocenters. The van der Waals surface area contributed by atoms with Crippen molar-refractivity contribution in [1.82, 2.24) is 15.3 Å². The molecule has 0 aliphatic carbocycles. The fourth-order valence-corrected chi connectivity index (χ4v) is 4.00. The SMILES string of the molecule is C[C@@H]1OCC2(CCN(c3cnc(Br)cn3)CC2)[C@@H]1NC(=O)OC(C)(C)C. The van der Waals surface area contributed by atoms with Gasteiger partial charge in [0.2, 0.25) is 0 Å². The molecule has 2 aliphatic heterocycles. The first-order valence-corrected chi connectivity index (χ1v) is 9.81. The van der Waals surface area contributed by atoms with Crippen LogP contribution < -0.4 is 10.2 Å². The molecule has 3 heterocycles. The third-order valence-electron chi connectivity index (χ3n) is 5.12. The summed E-state index contributed by atoms with van der Waals surface area (Å²) < 4.78 is 12.1. The third-order valence-corrected chi connectivity index (χ3v) is 5.53. The minimum atomic E-state index is -0.510. The van der Waals surface area contributed by atoms with Gasteiger partial charge in [-0.3, -0.25) is 0 Å². The smallest absolute Gasteiger partial charge is 0.407 e. The van der Waals surface area contributed by atoms with Crippen LogP contribution in [-0.2, 0) is 9.47 Å². The Kier molecular flexibility index (Phi) is 5.44. The van der Waals surface area contributed by atoms with Crippen LogP contribution in [0.4, 0.5) is 10.6 Å². The number of nitrogens with one attached hydrogen (secondary N) is 1. The van der Waals surface area contributed by atoms with E-state index < -0.39 is 5.60 Å². The highest BCUT2D eigenvalue weighted by Gasteiger charge is 2.50. The molecule has 8 heteroatoms. The number of aromatic nitrogens is 2. The molecule has 1 spiro atoms. The molecule has 144 valence electrons. The Bertz CT molecular complexity index is 639. The number of hydrogen-bond donors (Lipinski definition) is 1. The fraction of sp³-hybridized carbons (Fsp3) is 0.722. The van der Waals surface area contributed by atoms with E-state index in [4.69, 9.17) is 9.47 Å². The summed E-state index contributed by atoms with van der Waals surface area (Å²) in [5, 5.41) is 3.07. The summed E-state index contributed by atoms with van der Waals surface area (Å²) in [6.07, 6.45) is 4.95. The predicted octanol–water partition coefficient (Wildman–Crippen LogP) is 3.14. The molecule has 1 N–H and O–H groups in total. The number of alkyl carbamates (subject to hydrolysis) is 1. The van der Waals surface area contributed by atoms with Gasteiger partial charge in [-0.1, -0.05) is 0 Å². The van der Waals surface area contributed by atoms with Crippen LogP contribution in [0.25, 0.3) is 0 Å². The van der Waals surface area contributed by atoms with Crippen molar-refractivity contribution in [2.45, 2.75) is 58.3 Å². The standard InChI is InChI=1S/C18H27BrN4O3/c1-12-15(22-16(24)26-17(2,3)4)18(11-25-12)5-7-23(8-6-18)14-10-20-13(19)9-21-14/h9-10,12,15H,5-8,11H2,1-4H3,(H,22,24)/t12-,15+/m0/s1. The van der Waals surface area contributed by atoms with Crippen molar-refractivity contribution >= 4 is 27.8 Å². The van der Waals surface area contributed by atoms with Gasteiger partial charge >= 0.3 is 6.09 Å². The molecular formula is C18H27BrN4O3. The Morgan fingerprint density at radius 3 is 2.62 bits per heavy atom. The maximum absolute atomic E-state index is 12.3. The van der Waals surface area contributed by atoms with Crippen molar-refractivity contribution in [3.8, 4) is 0 Å². The number of rotatable bonds is 2. The molecule has 2 aliphatic rings. The van der Waals surface area contributed by atoms with Crippen molar-refractivity contribution in [2.24, 2.45) is 5.41 Å². The Balaban J connectivity index is 1.65. The number of amides is 1. The third kappa shape index (κ3) is 4.28. The van der Waals surface area contributed by atoms with E-state index in [0.29, 0.717) is 6.61 Å². The minimum Gasteiger partial charge on any atom is -0.444 e. The maximum atomic E-state index is 12.3. The minimum absolute atomic E-state index is 0.0264. The largest absolute Gasteiger partial charge is 0.444 e. The molecule has 0 radical (unpaired) electrons. The summed E-state index contributed by atoms with van der Waals surface area (Å²) >= 11 is 3.32. The number of carbonyl (C=O) groups excluding carboxylic acids is 1. The van der Waals surface area contributed by atoms with Gasteiger partial charge in [0.25, 0.3) is 0 Å². The molecule has 1 aromatic rings. The predicted molar refractivity (Wildman–Crippen MR) is 102 cm³/mol. The molecule has 1 aromatic heterocycles. The van der Waals surface area contributed by atoms with Gasteiger partial charge in [0.05, 0.1) is 31.1 Å². The van der Waals surface area contributed by atoms with Crippen LogP contribution in [-0.4, -0.2) is 53.5 Å². The first kappa shape index (κ1) is 19.4. The zero-order valence-corrected chi connectivity index (χ0v) is 17.4. The van der Waals surface area contributed by atoms with E-state index in [2.05, 4.69) is 36.1 Å². The van der Waals surface area contributed by atoms with Crippen LogP contribution in [0.3, 0.4) is 0 Å². The van der Waals surface area contributed by atoms with Crippen molar-refractivity contribution in [3.05, 3.63) is 17.0 Å². The topological polar surface area (TPSA) is 76.6 Å².